The van der Waals surface area contributed by atoms with Crippen LogP contribution in [0.25, 0.3) is 22.6 Å². The maximum Gasteiger partial charge on any atom is 0.416 e. The van der Waals surface area contributed by atoms with Crippen molar-refractivity contribution in [1.29, 1.82) is 0 Å². The standard InChI is InChI=1S/C15H9ClF3N5/c16-10-6-8(5-9(7-10)15(17,18)19)12-13(22-14(20)24-23-12)11-3-1-2-4-21-11/h1-7H,(H2,20,22,24). The molecule has 0 aliphatic heterocycles. The fourth-order valence-electron chi connectivity index (χ4n) is 2.10. The van der Waals surface area contributed by atoms with Gasteiger partial charge in [0.25, 0.3) is 0 Å². The fraction of sp³-hybridized carbons (Fsp3) is 0.0667. The first kappa shape index (κ1) is 16.1. The van der Waals surface area contributed by atoms with Gasteiger partial charge >= 0.3 is 6.18 Å². The molecule has 1 aromatic carbocycles. The Labute approximate surface area is 139 Å². The minimum Gasteiger partial charge on any atom is -0.366 e. The first-order valence-electron chi connectivity index (χ1n) is 6.64. The largest absolute Gasteiger partial charge is 0.416 e. The zero-order valence-electron chi connectivity index (χ0n) is 11.9. The summed E-state index contributed by atoms with van der Waals surface area (Å²) in [6.07, 6.45) is -3.02. The first-order valence-corrected chi connectivity index (χ1v) is 7.02. The molecule has 0 saturated heterocycles. The molecule has 2 N–H and O–H groups in total. The van der Waals surface area contributed by atoms with E-state index in [9.17, 15) is 13.2 Å². The molecule has 0 bridgehead atoms. The number of anilines is 1. The van der Waals surface area contributed by atoms with Gasteiger partial charge in [0.15, 0.2) is 0 Å². The highest BCUT2D eigenvalue weighted by atomic mass is 35.5. The summed E-state index contributed by atoms with van der Waals surface area (Å²) in [6, 6.07) is 8.17. The molecule has 2 aromatic heterocycles. The van der Waals surface area contributed by atoms with Gasteiger partial charge in [0, 0.05) is 16.8 Å². The highest BCUT2D eigenvalue weighted by Gasteiger charge is 2.31. The Hall–Kier alpha value is -2.74. The summed E-state index contributed by atoms with van der Waals surface area (Å²) >= 11 is 5.83. The van der Waals surface area contributed by atoms with Gasteiger partial charge < -0.3 is 5.73 Å². The predicted molar refractivity (Wildman–Crippen MR) is 82.9 cm³/mol. The predicted octanol–water partition coefficient (Wildman–Crippen LogP) is 3.86. The summed E-state index contributed by atoms with van der Waals surface area (Å²) in [5.41, 5.74) is 5.51. The second-order valence-corrected chi connectivity index (χ2v) is 5.24. The molecule has 0 fully saturated rings. The fourth-order valence-corrected chi connectivity index (χ4v) is 2.34. The summed E-state index contributed by atoms with van der Waals surface area (Å²) in [6.45, 7) is 0. The van der Waals surface area contributed by atoms with Crippen molar-refractivity contribution in [1.82, 2.24) is 20.2 Å². The van der Waals surface area contributed by atoms with Crippen LogP contribution in [-0.4, -0.2) is 20.2 Å². The van der Waals surface area contributed by atoms with Gasteiger partial charge in [-0.3, -0.25) is 4.98 Å². The van der Waals surface area contributed by atoms with E-state index in [4.69, 9.17) is 17.3 Å². The Morgan fingerprint density at radius 3 is 2.46 bits per heavy atom. The molecule has 0 spiro atoms. The number of pyridine rings is 1. The lowest BCUT2D eigenvalue weighted by Crippen LogP contribution is -2.06. The zero-order valence-corrected chi connectivity index (χ0v) is 12.7. The Morgan fingerprint density at radius 2 is 1.79 bits per heavy atom. The van der Waals surface area contributed by atoms with E-state index >= 15 is 0 Å². The summed E-state index contributed by atoms with van der Waals surface area (Å²) < 4.78 is 39.0. The number of nitrogen functional groups attached to an aromatic ring is 1. The highest BCUT2D eigenvalue weighted by molar-refractivity contribution is 6.31. The van der Waals surface area contributed by atoms with Crippen LogP contribution in [0, 0.1) is 0 Å². The topological polar surface area (TPSA) is 77.6 Å². The van der Waals surface area contributed by atoms with Crippen LogP contribution in [0.15, 0.2) is 42.6 Å². The minimum atomic E-state index is -4.54. The number of rotatable bonds is 2. The molecule has 24 heavy (non-hydrogen) atoms. The van der Waals surface area contributed by atoms with Gasteiger partial charge in [-0.15, -0.1) is 10.2 Å². The van der Waals surface area contributed by atoms with E-state index in [2.05, 4.69) is 20.2 Å². The molecule has 0 saturated carbocycles. The van der Waals surface area contributed by atoms with Crippen LogP contribution < -0.4 is 5.73 Å². The SMILES string of the molecule is Nc1nnc(-c2cc(Cl)cc(C(F)(F)F)c2)c(-c2ccccn2)n1. The van der Waals surface area contributed by atoms with E-state index in [1.54, 1.807) is 18.2 Å². The molecule has 0 aliphatic carbocycles. The molecule has 122 valence electrons. The van der Waals surface area contributed by atoms with Crippen molar-refractivity contribution < 1.29 is 13.2 Å². The van der Waals surface area contributed by atoms with Crippen LogP contribution in [0.2, 0.25) is 5.02 Å². The molecule has 0 radical (unpaired) electrons. The van der Waals surface area contributed by atoms with Crippen molar-refractivity contribution in [2.75, 3.05) is 5.73 Å². The quantitative estimate of drug-likeness (QED) is 0.758. The van der Waals surface area contributed by atoms with Gasteiger partial charge in [0.2, 0.25) is 5.95 Å². The lowest BCUT2D eigenvalue weighted by molar-refractivity contribution is -0.137. The van der Waals surface area contributed by atoms with E-state index in [0.717, 1.165) is 12.1 Å². The van der Waals surface area contributed by atoms with Gasteiger partial charge in [-0.2, -0.15) is 13.2 Å². The normalized spacial score (nSPS) is 11.5. The molecule has 3 aromatic rings. The van der Waals surface area contributed by atoms with Crippen LogP contribution >= 0.6 is 11.6 Å². The van der Waals surface area contributed by atoms with Gasteiger partial charge in [0.05, 0.1) is 11.3 Å². The number of hydrogen-bond acceptors (Lipinski definition) is 5. The Bertz CT molecular complexity index is 884. The average molecular weight is 352 g/mol. The molecule has 5 nitrogen and oxygen atoms in total. The Balaban J connectivity index is 2.23. The van der Waals surface area contributed by atoms with E-state index in [1.165, 1.54) is 12.3 Å². The number of nitrogens with zero attached hydrogens (tertiary/aromatic N) is 4. The number of hydrogen-bond donors (Lipinski definition) is 1. The summed E-state index contributed by atoms with van der Waals surface area (Å²) in [5, 5.41) is 7.44. The van der Waals surface area contributed by atoms with Crippen LogP contribution in [0.4, 0.5) is 19.1 Å². The van der Waals surface area contributed by atoms with Gasteiger partial charge in [-0.1, -0.05) is 17.7 Å². The number of aromatic nitrogens is 4. The highest BCUT2D eigenvalue weighted by Crippen LogP contribution is 2.36. The first-order chi connectivity index (χ1) is 11.3. The monoisotopic (exact) mass is 351 g/mol. The molecule has 0 atom stereocenters. The van der Waals surface area contributed by atoms with Crippen LogP contribution in [0.3, 0.4) is 0 Å². The van der Waals surface area contributed by atoms with E-state index in [-0.39, 0.29) is 27.9 Å². The third kappa shape index (κ3) is 3.28. The van der Waals surface area contributed by atoms with Crippen LogP contribution in [0.1, 0.15) is 5.56 Å². The molecule has 0 unspecified atom stereocenters. The number of alkyl halides is 3. The number of halogens is 4. The van der Waals surface area contributed by atoms with Crippen molar-refractivity contribution in [2.45, 2.75) is 6.18 Å². The lowest BCUT2D eigenvalue weighted by atomic mass is 10.0. The summed E-state index contributed by atoms with van der Waals surface area (Å²) in [4.78, 5) is 8.19. The van der Waals surface area contributed by atoms with Gasteiger partial charge in [-0.05, 0) is 30.3 Å². The second-order valence-electron chi connectivity index (χ2n) is 4.81. The van der Waals surface area contributed by atoms with Gasteiger partial charge in [-0.25, -0.2) is 4.98 Å². The van der Waals surface area contributed by atoms with Crippen molar-refractivity contribution in [3.63, 3.8) is 0 Å². The van der Waals surface area contributed by atoms with Crippen LogP contribution in [-0.2, 0) is 6.18 Å². The molecule has 3 rings (SSSR count). The second kappa shape index (κ2) is 6.04. The zero-order chi connectivity index (χ0) is 17.3. The molecule has 2 heterocycles. The summed E-state index contributed by atoms with van der Waals surface area (Å²) in [5.74, 6) is -0.113. The number of nitrogens with two attached hydrogens (primary N) is 1. The maximum absolute atomic E-state index is 13.0. The van der Waals surface area contributed by atoms with Crippen molar-refractivity contribution in [3.8, 4) is 22.6 Å². The molecular weight excluding hydrogens is 343 g/mol. The Kier molecular flexibility index (Phi) is 4.06. The third-order valence-corrected chi connectivity index (χ3v) is 3.33. The third-order valence-electron chi connectivity index (χ3n) is 3.11. The van der Waals surface area contributed by atoms with E-state index < -0.39 is 11.7 Å². The van der Waals surface area contributed by atoms with E-state index in [1.807, 2.05) is 0 Å². The van der Waals surface area contributed by atoms with Gasteiger partial charge in [0.1, 0.15) is 11.4 Å². The van der Waals surface area contributed by atoms with Crippen molar-refractivity contribution in [3.05, 3.63) is 53.2 Å². The Morgan fingerprint density at radius 1 is 1.00 bits per heavy atom. The molecular formula is C15H9ClF3N5. The lowest BCUT2D eigenvalue weighted by Gasteiger charge is -2.11. The van der Waals surface area contributed by atoms with Crippen LogP contribution in [0.5, 0.6) is 0 Å². The summed E-state index contributed by atoms with van der Waals surface area (Å²) in [7, 11) is 0. The molecule has 9 heteroatoms. The minimum absolute atomic E-state index is 0.0783. The maximum atomic E-state index is 13.0. The molecule has 0 amide bonds. The van der Waals surface area contributed by atoms with Crippen molar-refractivity contribution >= 4 is 17.5 Å². The molecule has 0 aliphatic rings. The average Bonchev–Trinajstić information content (AvgIpc) is 2.54. The smallest absolute Gasteiger partial charge is 0.366 e. The van der Waals surface area contributed by atoms with E-state index in [0.29, 0.717) is 5.69 Å². The number of benzene rings is 1. The van der Waals surface area contributed by atoms with Crippen molar-refractivity contribution in [2.24, 2.45) is 0 Å².